The van der Waals surface area contributed by atoms with Gasteiger partial charge in [-0.15, -0.1) is 0 Å². The molecule has 1 aromatic heterocycles. The van der Waals surface area contributed by atoms with Crippen LogP contribution >= 0.6 is 0 Å². The van der Waals surface area contributed by atoms with Crippen molar-refractivity contribution in [3.05, 3.63) is 18.5 Å². The van der Waals surface area contributed by atoms with Gasteiger partial charge < -0.3 is 14.4 Å². The molecule has 1 aromatic rings. The summed E-state index contributed by atoms with van der Waals surface area (Å²) in [6.07, 6.45) is 5.86. The molecule has 5 heteroatoms. The zero-order chi connectivity index (χ0) is 11.7. The van der Waals surface area contributed by atoms with E-state index in [4.69, 9.17) is 9.47 Å². The second-order valence-electron chi connectivity index (χ2n) is 4.79. The largest absolute Gasteiger partial charge is 0.381 e. The molecule has 5 nitrogen and oxygen atoms in total. The molecule has 3 heterocycles. The maximum absolute atomic E-state index is 5.91. The number of aromatic nitrogens is 2. The number of hydrogen-bond donors (Lipinski definition) is 0. The summed E-state index contributed by atoms with van der Waals surface area (Å²) in [6, 6.07) is 1.83. The highest BCUT2D eigenvalue weighted by atomic mass is 16.5. The van der Waals surface area contributed by atoms with E-state index in [0.29, 0.717) is 6.10 Å². The fourth-order valence-electron chi connectivity index (χ4n) is 2.65. The average molecular weight is 235 g/mol. The standard InChI is InChI=1S/C12H17N3O2/c1-16-10-3-6-17-12(7-10)8-15(9-12)11-13-4-2-5-14-11/h2,4-5,10H,3,6-9H2,1H3/t10-/m1/s1. The molecule has 0 aromatic carbocycles. The number of methoxy groups -OCH3 is 1. The van der Waals surface area contributed by atoms with Crippen LogP contribution < -0.4 is 4.90 Å². The summed E-state index contributed by atoms with van der Waals surface area (Å²) in [6.45, 7) is 2.54. The highest BCUT2D eigenvalue weighted by Crippen LogP contribution is 2.36. The maximum atomic E-state index is 5.91. The van der Waals surface area contributed by atoms with Gasteiger partial charge in [-0.25, -0.2) is 9.97 Å². The van der Waals surface area contributed by atoms with E-state index in [-0.39, 0.29) is 5.60 Å². The molecule has 0 aliphatic carbocycles. The first-order chi connectivity index (χ1) is 8.31. The van der Waals surface area contributed by atoms with Gasteiger partial charge in [-0.05, 0) is 12.5 Å². The fraction of sp³-hybridized carbons (Fsp3) is 0.667. The van der Waals surface area contributed by atoms with Crippen molar-refractivity contribution in [3.8, 4) is 0 Å². The summed E-state index contributed by atoms with van der Waals surface area (Å²) >= 11 is 0. The van der Waals surface area contributed by atoms with Crippen LogP contribution in [0, 0.1) is 0 Å². The van der Waals surface area contributed by atoms with Crippen molar-refractivity contribution >= 4 is 5.95 Å². The van der Waals surface area contributed by atoms with Gasteiger partial charge in [-0.2, -0.15) is 0 Å². The highest BCUT2D eigenvalue weighted by molar-refractivity contribution is 5.37. The molecule has 17 heavy (non-hydrogen) atoms. The van der Waals surface area contributed by atoms with Crippen molar-refractivity contribution in [2.75, 3.05) is 31.7 Å². The zero-order valence-electron chi connectivity index (χ0n) is 10.0. The van der Waals surface area contributed by atoms with Crippen LogP contribution in [0.4, 0.5) is 5.95 Å². The molecule has 2 aliphatic heterocycles. The van der Waals surface area contributed by atoms with Gasteiger partial charge in [0.05, 0.1) is 19.2 Å². The molecule has 0 N–H and O–H groups in total. The number of anilines is 1. The monoisotopic (exact) mass is 235 g/mol. The van der Waals surface area contributed by atoms with E-state index >= 15 is 0 Å². The first-order valence-electron chi connectivity index (χ1n) is 6.00. The van der Waals surface area contributed by atoms with Crippen LogP contribution in [0.2, 0.25) is 0 Å². The lowest BCUT2D eigenvalue weighted by atomic mass is 9.85. The molecular formula is C12H17N3O2. The van der Waals surface area contributed by atoms with Crippen molar-refractivity contribution in [1.82, 2.24) is 9.97 Å². The molecule has 2 aliphatic rings. The van der Waals surface area contributed by atoms with Gasteiger partial charge in [-0.3, -0.25) is 0 Å². The summed E-state index contributed by atoms with van der Waals surface area (Å²) in [7, 11) is 1.78. The van der Waals surface area contributed by atoms with Gasteiger partial charge in [-0.1, -0.05) is 0 Å². The predicted octanol–water partition coefficient (Wildman–Crippen LogP) is 0.861. The van der Waals surface area contributed by atoms with Crippen molar-refractivity contribution < 1.29 is 9.47 Å². The molecule has 2 fully saturated rings. The van der Waals surface area contributed by atoms with Crippen LogP contribution in [-0.4, -0.2) is 48.5 Å². The highest BCUT2D eigenvalue weighted by Gasteiger charge is 2.48. The number of rotatable bonds is 2. The summed E-state index contributed by atoms with van der Waals surface area (Å²) < 4.78 is 11.3. The normalized spacial score (nSPS) is 26.9. The van der Waals surface area contributed by atoms with Crippen LogP contribution in [0.25, 0.3) is 0 Å². The van der Waals surface area contributed by atoms with Gasteiger partial charge >= 0.3 is 0 Å². The molecule has 0 unspecified atom stereocenters. The topological polar surface area (TPSA) is 47.5 Å². The van der Waals surface area contributed by atoms with Crippen molar-refractivity contribution in [2.24, 2.45) is 0 Å². The van der Waals surface area contributed by atoms with Crippen LogP contribution in [0.15, 0.2) is 18.5 Å². The average Bonchev–Trinajstić information content (AvgIpc) is 2.37. The Morgan fingerprint density at radius 3 is 2.88 bits per heavy atom. The minimum Gasteiger partial charge on any atom is -0.381 e. The Morgan fingerprint density at radius 2 is 2.18 bits per heavy atom. The van der Waals surface area contributed by atoms with Crippen molar-refractivity contribution in [3.63, 3.8) is 0 Å². The van der Waals surface area contributed by atoms with Gasteiger partial charge in [0.1, 0.15) is 5.60 Å². The van der Waals surface area contributed by atoms with Crippen molar-refractivity contribution in [1.29, 1.82) is 0 Å². The molecule has 2 saturated heterocycles. The van der Waals surface area contributed by atoms with E-state index in [1.807, 2.05) is 6.07 Å². The third-order valence-corrected chi connectivity index (χ3v) is 3.57. The SMILES string of the molecule is CO[C@@H]1CCOC2(C1)CN(c1ncccn1)C2. The van der Waals surface area contributed by atoms with Crippen molar-refractivity contribution in [2.45, 2.75) is 24.5 Å². The van der Waals surface area contributed by atoms with E-state index < -0.39 is 0 Å². The lowest BCUT2D eigenvalue weighted by Gasteiger charge is -2.52. The van der Waals surface area contributed by atoms with E-state index in [1.165, 1.54) is 0 Å². The second kappa shape index (κ2) is 4.23. The second-order valence-corrected chi connectivity index (χ2v) is 4.79. The van der Waals surface area contributed by atoms with E-state index in [0.717, 1.165) is 38.5 Å². The Morgan fingerprint density at radius 1 is 1.41 bits per heavy atom. The summed E-state index contributed by atoms with van der Waals surface area (Å²) in [5.41, 5.74) is -0.0296. The molecule has 0 saturated carbocycles. The van der Waals surface area contributed by atoms with Gasteiger partial charge in [0.2, 0.25) is 5.95 Å². The Hall–Kier alpha value is -1.20. The van der Waals surface area contributed by atoms with E-state index in [9.17, 15) is 0 Å². The molecule has 0 bridgehead atoms. The zero-order valence-corrected chi connectivity index (χ0v) is 10.0. The number of nitrogens with zero attached hydrogens (tertiary/aromatic N) is 3. The quantitative estimate of drug-likeness (QED) is 0.761. The first-order valence-corrected chi connectivity index (χ1v) is 6.00. The lowest BCUT2D eigenvalue weighted by Crippen LogP contribution is -2.66. The van der Waals surface area contributed by atoms with Crippen LogP contribution in [0.5, 0.6) is 0 Å². The number of hydrogen-bond acceptors (Lipinski definition) is 5. The van der Waals surface area contributed by atoms with Crippen LogP contribution in [0.1, 0.15) is 12.8 Å². The van der Waals surface area contributed by atoms with E-state index in [2.05, 4.69) is 14.9 Å². The number of ether oxygens (including phenoxy) is 2. The Balaban J connectivity index is 1.63. The van der Waals surface area contributed by atoms with Gasteiger partial charge in [0.15, 0.2) is 0 Å². The predicted molar refractivity (Wildman–Crippen MR) is 63.0 cm³/mol. The first kappa shape index (κ1) is 10.9. The van der Waals surface area contributed by atoms with Crippen LogP contribution in [-0.2, 0) is 9.47 Å². The van der Waals surface area contributed by atoms with Gasteiger partial charge in [0.25, 0.3) is 0 Å². The Labute approximate surface area is 101 Å². The summed E-state index contributed by atoms with van der Waals surface area (Å²) in [5, 5.41) is 0. The molecule has 1 spiro atoms. The Bertz CT molecular complexity index is 379. The molecule has 3 rings (SSSR count). The summed E-state index contributed by atoms with van der Waals surface area (Å²) in [4.78, 5) is 10.6. The minimum absolute atomic E-state index is 0.0296. The van der Waals surface area contributed by atoms with Gasteiger partial charge in [0, 0.05) is 32.5 Å². The van der Waals surface area contributed by atoms with Crippen LogP contribution in [0.3, 0.4) is 0 Å². The molecular weight excluding hydrogens is 218 g/mol. The summed E-state index contributed by atoms with van der Waals surface area (Å²) in [5.74, 6) is 0.793. The molecule has 0 radical (unpaired) electrons. The fourth-order valence-corrected chi connectivity index (χ4v) is 2.65. The van der Waals surface area contributed by atoms with E-state index in [1.54, 1.807) is 19.5 Å². The Kier molecular flexibility index (Phi) is 2.72. The molecule has 0 amide bonds. The maximum Gasteiger partial charge on any atom is 0.225 e. The molecule has 92 valence electrons. The lowest BCUT2D eigenvalue weighted by molar-refractivity contribution is -0.138. The third kappa shape index (κ3) is 2.00. The third-order valence-electron chi connectivity index (χ3n) is 3.57. The minimum atomic E-state index is -0.0296. The smallest absolute Gasteiger partial charge is 0.225 e. The molecule has 1 atom stereocenters.